The normalized spacial score (nSPS) is 13.5. The zero-order valence-corrected chi connectivity index (χ0v) is 22.8. The summed E-state index contributed by atoms with van der Waals surface area (Å²) in [5.41, 5.74) is -4.95. The Bertz CT molecular complexity index is 1600. The van der Waals surface area contributed by atoms with Crippen molar-refractivity contribution in [3.8, 4) is 5.75 Å². The number of benzene rings is 4. The molecule has 1 atom stereocenters. The minimum Gasteiger partial charge on any atom is -0.488 e. The topological polar surface area (TPSA) is 38.3 Å². The van der Waals surface area contributed by atoms with Gasteiger partial charge in [0, 0.05) is 12.0 Å². The fraction of sp³-hybridized carbons (Fsp3) is 0.219. The fourth-order valence-corrected chi connectivity index (χ4v) is 4.68. The molecule has 0 bridgehead atoms. The molecule has 0 aromatic heterocycles. The van der Waals surface area contributed by atoms with Gasteiger partial charge in [0.05, 0.1) is 22.8 Å². The molecule has 0 aliphatic heterocycles. The van der Waals surface area contributed by atoms with Crippen LogP contribution < -0.4 is 10.1 Å². The highest BCUT2D eigenvalue weighted by atomic mass is 19.4. The third-order valence-electron chi connectivity index (χ3n) is 6.60. The van der Waals surface area contributed by atoms with E-state index in [4.69, 9.17) is 4.74 Å². The summed E-state index contributed by atoms with van der Waals surface area (Å²) in [6, 6.07) is 16.6. The molecule has 0 heterocycles. The lowest BCUT2D eigenvalue weighted by molar-refractivity contribution is -0.138. The quantitative estimate of drug-likeness (QED) is 0.204. The highest BCUT2D eigenvalue weighted by molar-refractivity contribution is 5.95. The molecule has 4 aromatic rings. The largest absolute Gasteiger partial charge is 0.488 e. The van der Waals surface area contributed by atoms with Gasteiger partial charge < -0.3 is 10.1 Å². The van der Waals surface area contributed by atoms with Crippen molar-refractivity contribution >= 4 is 5.91 Å². The van der Waals surface area contributed by atoms with E-state index < -0.39 is 58.2 Å². The monoisotopic (exact) mass is 607 g/mol. The molecule has 0 radical (unpaired) electrons. The minimum absolute atomic E-state index is 0.00699. The second kappa shape index (κ2) is 12.1. The Hall–Kier alpha value is -4.41. The van der Waals surface area contributed by atoms with E-state index in [0.29, 0.717) is 17.7 Å². The summed E-state index contributed by atoms with van der Waals surface area (Å²) in [5, 5.41) is 2.59. The van der Waals surface area contributed by atoms with E-state index in [1.807, 2.05) is 0 Å². The van der Waals surface area contributed by atoms with Crippen LogP contribution in [0.15, 0.2) is 91.0 Å². The van der Waals surface area contributed by atoms with Crippen LogP contribution in [0.5, 0.6) is 5.75 Å². The molecule has 0 aliphatic carbocycles. The van der Waals surface area contributed by atoms with Gasteiger partial charge >= 0.3 is 12.4 Å². The van der Waals surface area contributed by atoms with E-state index >= 15 is 0 Å². The molecule has 0 fully saturated rings. The molecule has 0 spiro atoms. The van der Waals surface area contributed by atoms with E-state index in [1.165, 1.54) is 12.1 Å². The van der Waals surface area contributed by atoms with E-state index in [-0.39, 0.29) is 29.4 Å². The number of carbonyl (C=O) groups is 1. The maximum atomic E-state index is 14.9. The molecule has 43 heavy (non-hydrogen) atoms. The van der Waals surface area contributed by atoms with Gasteiger partial charge in [0.25, 0.3) is 5.91 Å². The fourth-order valence-electron chi connectivity index (χ4n) is 4.68. The second-order valence-corrected chi connectivity index (χ2v) is 10.1. The highest BCUT2D eigenvalue weighted by Crippen LogP contribution is 2.40. The van der Waals surface area contributed by atoms with Crippen molar-refractivity contribution in [3.05, 3.63) is 136 Å². The van der Waals surface area contributed by atoms with Gasteiger partial charge in [-0.3, -0.25) is 4.79 Å². The highest BCUT2D eigenvalue weighted by Gasteiger charge is 2.41. The van der Waals surface area contributed by atoms with Gasteiger partial charge in [-0.15, -0.1) is 0 Å². The van der Waals surface area contributed by atoms with Crippen LogP contribution in [0, 0.1) is 11.6 Å². The van der Waals surface area contributed by atoms with Gasteiger partial charge in [0.2, 0.25) is 0 Å². The Morgan fingerprint density at radius 2 is 1.37 bits per heavy atom. The molecule has 1 N–H and O–H groups in total. The van der Waals surface area contributed by atoms with E-state index in [1.54, 1.807) is 44.2 Å². The third-order valence-corrected chi connectivity index (χ3v) is 6.60. The van der Waals surface area contributed by atoms with Gasteiger partial charge in [-0.1, -0.05) is 42.5 Å². The molecule has 0 aliphatic rings. The molecule has 1 amide bonds. The van der Waals surface area contributed by atoms with Crippen molar-refractivity contribution in [2.75, 3.05) is 0 Å². The lowest BCUT2D eigenvalue weighted by Crippen LogP contribution is -2.49. The van der Waals surface area contributed by atoms with Crippen LogP contribution in [-0.2, 0) is 24.3 Å². The number of hydrogen-bond donors (Lipinski definition) is 1. The summed E-state index contributed by atoms with van der Waals surface area (Å²) in [4.78, 5) is 13.7. The van der Waals surface area contributed by atoms with Gasteiger partial charge in [0.1, 0.15) is 5.82 Å². The standard InChI is InChI=1S/C32H25F8NO2/c1-19(2)43-28-17-22(11-12-27(28)34)30(18-20-7-4-3-5-8-20,24-14-25(32(38,39)40)16-26(33)15-24)41-29(42)21-9-6-10-23(13-21)31(35,36)37/h3-17,19H,18H2,1-2H3,(H,41,42). The van der Waals surface area contributed by atoms with Crippen molar-refractivity contribution < 1.29 is 44.7 Å². The summed E-state index contributed by atoms with van der Waals surface area (Å²) >= 11 is 0. The van der Waals surface area contributed by atoms with Crippen molar-refractivity contribution in [2.45, 2.75) is 44.3 Å². The van der Waals surface area contributed by atoms with Crippen molar-refractivity contribution in [3.63, 3.8) is 0 Å². The molecule has 0 saturated carbocycles. The van der Waals surface area contributed by atoms with Crippen LogP contribution in [0.4, 0.5) is 35.1 Å². The van der Waals surface area contributed by atoms with E-state index in [2.05, 4.69) is 5.32 Å². The van der Waals surface area contributed by atoms with Gasteiger partial charge in [-0.2, -0.15) is 26.3 Å². The average molecular weight is 608 g/mol. The van der Waals surface area contributed by atoms with E-state index in [9.17, 15) is 39.9 Å². The number of halogens is 8. The Morgan fingerprint density at radius 3 is 2.00 bits per heavy atom. The first kappa shape index (κ1) is 31.5. The van der Waals surface area contributed by atoms with Crippen LogP contribution in [0.1, 0.15) is 52.0 Å². The summed E-state index contributed by atoms with van der Waals surface area (Å²) in [6.07, 6.45) is -10.6. The number of amides is 1. The summed E-state index contributed by atoms with van der Waals surface area (Å²) in [5.74, 6) is -3.50. The number of hydrogen-bond acceptors (Lipinski definition) is 2. The molecular weight excluding hydrogens is 582 g/mol. The summed E-state index contributed by atoms with van der Waals surface area (Å²) in [7, 11) is 0. The minimum atomic E-state index is -4.99. The maximum Gasteiger partial charge on any atom is 0.416 e. The summed E-state index contributed by atoms with van der Waals surface area (Å²) < 4.78 is 117. The SMILES string of the molecule is CC(C)Oc1cc(C(Cc2ccccc2)(NC(=O)c2cccc(C(F)(F)F)c2)c2cc(F)cc(C(F)(F)F)c2)ccc1F. The van der Waals surface area contributed by atoms with E-state index in [0.717, 1.165) is 30.3 Å². The molecule has 226 valence electrons. The van der Waals surface area contributed by atoms with Gasteiger partial charge in [0.15, 0.2) is 11.6 Å². The summed E-state index contributed by atoms with van der Waals surface area (Å²) in [6.45, 7) is 3.22. The first-order chi connectivity index (χ1) is 20.1. The third kappa shape index (κ3) is 7.33. The Balaban J connectivity index is 2.02. The van der Waals surface area contributed by atoms with Crippen molar-refractivity contribution in [1.82, 2.24) is 5.32 Å². The number of nitrogens with one attached hydrogen (secondary N) is 1. The second-order valence-electron chi connectivity index (χ2n) is 10.1. The Labute approximate surface area is 242 Å². The Morgan fingerprint density at radius 1 is 0.721 bits per heavy atom. The molecule has 4 rings (SSSR count). The zero-order chi connectivity index (χ0) is 31.6. The number of carbonyl (C=O) groups excluding carboxylic acids is 1. The number of ether oxygens (including phenoxy) is 1. The Kier molecular flexibility index (Phi) is 8.84. The average Bonchev–Trinajstić information content (AvgIpc) is 2.93. The van der Waals surface area contributed by atoms with Gasteiger partial charge in [-0.25, -0.2) is 8.78 Å². The van der Waals surface area contributed by atoms with Crippen LogP contribution in [0.2, 0.25) is 0 Å². The van der Waals surface area contributed by atoms with Crippen LogP contribution in [-0.4, -0.2) is 12.0 Å². The maximum absolute atomic E-state index is 14.9. The molecule has 4 aromatic carbocycles. The molecule has 0 saturated heterocycles. The molecule has 11 heteroatoms. The smallest absolute Gasteiger partial charge is 0.416 e. The first-order valence-electron chi connectivity index (χ1n) is 13.0. The van der Waals surface area contributed by atoms with Gasteiger partial charge in [-0.05, 0) is 79.1 Å². The molecule has 1 unspecified atom stereocenters. The molecular formula is C32H25F8NO2. The van der Waals surface area contributed by atoms with Crippen LogP contribution in [0.25, 0.3) is 0 Å². The number of rotatable bonds is 8. The predicted molar refractivity (Wildman–Crippen MR) is 143 cm³/mol. The lowest BCUT2D eigenvalue weighted by atomic mass is 9.77. The van der Waals surface area contributed by atoms with Crippen LogP contribution >= 0.6 is 0 Å². The predicted octanol–water partition coefficient (Wildman–Crippen LogP) is 8.71. The lowest BCUT2D eigenvalue weighted by Gasteiger charge is -2.37. The zero-order valence-electron chi connectivity index (χ0n) is 22.8. The van der Waals surface area contributed by atoms with Crippen LogP contribution in [0.3, 0.4) is 0 Å². The number of alkyl halides is 6. The van der Waals surface area contributed by atoms with Crippen molar-refractivity contribution in [2.24, 2.45) is 0 Å². The first-order valence-corrected chi connectivity index (χ1v) is 13.0. The van der Waals surface area contributed by atoms with Crippen molar-refractivity contribution in [1.29, 1.82) is 0 Å². The molecule has 3 nitrogen and oxygen atoms in total.